The maximum absolute atomic E-state index is 11.9. The van der Waals surface area contributed by atoms with Gasteiger partial charge in [-0.05, 0) is 12.1 Å². The van der Waals surface area contributed by atoms with Gasteiger partial charge >= 0.3 is 16.9 Å². The molecule has 0 aliphatic rings. The van der Waals surface area contributed by atoms with E-state index in [0.29, 0.717) is 0 Å². The van der Waals surface area contributed by atoms with Gasteiger partial charge in [-0.25, -0.2) is 0 Å². The maximum Gasteiger partial charge on any atom is 0.387 e. The predicted octanol–water partition coefficient (Wildman–Crippen LogP) is 1.52. The fourth-order valence-electron chi connectivity index (χ4n) is 0.866. The Morgan fingerprint density at radius 1 is 1.31 bits per heavy atom. The highest BCUT2D eigenvalue weighted by Gasteiger charge is 2.15. The number of hydrogen-bond acceptors (Lipinski definition) is 4. The molecule has 0 heterocycles. The minimum atomic E-state index is -4.34. The second kappa shape index (κ2) is 4.81. The van der Waals surface area contributed by atoms with E-state index in [4.69, 9.17) is 11.6 Å². The normalized spacial score (nSPS) is 11.6. The zero-order chi connectivity index (χ0) is 12.3. The molecular weight excluding hydrogens is 268 g/mol. The van der Waals surface area contributed by atoms with Gasteiger partial charge in [0.15, 0.2) is 11.5 Å². The second-order valence-electron chi connectivity index (χ2n) is 2.55. The Hall–Kier alpha value is -1.12. The Morgan fingerprint density at radius 2 is 1.94 bits per heavy atom. The van der Waals surface area contributed by atoms with Crippen LogP contribution in [0.2, 0.25) is 5.02 Å². The first-order valence-electron chi connectivity index (χ1n) is 3.74. The maximum atomic E-state index is 11.9. The van der Waals surface area contributed by atoms with Crippen molar-refractivity contribution in [2.75, 3.05) is 0 Å². The third-order valence-electron chi connectivity index (χ3n) is 1.33. The van der Waals surface area contributed by atoms with Crippen LogP contribution in [-0.2, 0) is 10.3 Å². The third-order valence-corrected chi connectivity index (χ3v) is 1.97. The SMILES string of the molecule is NS(=O)(=O)Oc1cc(Cl)ccc1OC(F)F. The van der Waals surface area contributed by atoms with Crippen molar-refractivity contribution in [1.82, 2.24) is 0 Å². The van der Waals surface area contributed by atoms with E-state index in [9.17, 15) is 17.2 Å². The smallest absolute Gasteiger partial charge is 0.387 e. The summed E-state index contributed by atoms with van der Waals surface area (Å²) in [5.74, 6) is -0.983. The zero-order valence-corrected chi connectivity index (χ0v) is 9.13. The van der Waals surface area contributed by atoms with E-state index < -0.39 is 28.4 Å². The molecule has 0 radical (unpaired) electrons. The Labute approximate surface area is 95.0 Å². The predicted molar refractivity (Wildman–Crippen MR) is 51.8 cm³/mol. The summed E-state index contributed by atoms with van der Waals surface area (Å²) in [6, 6.07) is 3.26. The van der Waals surface area contributed by atoms with Crippen LogP contribution in [0.4, 0.5) is 8.78 Å². The lowest BCUT2D eigenvalue weighted by Crippen LogP contribution is -2.19. The van der Waals surface area contributed by atoms with Gasteiger partial charge in [-0.15, -0.1) is 0 Å². The molecule has 0 aromatic heterocycles. The van der Waals surface area contributed by atoms with Crippen molar-refractivity contribution in [2.45, 2.75) is 6.61 Å². The summed E-state index contributed by atoms with van der Waals surface area (Å²) in [5.41, 5.74) is 0. The summed E-state index contributed by atoms with van der Waals surface area (Å²) < 4.78 is 53.4. The molecule has 0 spiro atoms. The highest BCUT2D eigenvalue weighted by Crippen LogP contribution is 2.32. The summed E-state index contributed by atoms with van der Waals surface area (Å²) in [7, 11) is -4.34. The van der Waals surface area contributed by atoms with E-state index in [-0.39, 0.29) is 5.02 Å². The molecular formula is C7H6ClF2NO4S. The Balaban J connectivity index is 3.08. The first-order valence-corrected chi connectivity index (χ1v) is 5.59. The van der Waals surface area contributed by atoms with Crippen molar-refractivity contribution in [3.63, 3.8) is 0 Å². The summed E-state index contributed by atoms with van der Waals surface area (Å²) in [6.45, 7) is -3.12. The van der Waals surface area contributed by atoms with E-state index in [1.165, 1.54) is 6.07 Å². The molecule has 0 unspecified atom stereocenters. The van der Waals surface area contributed by atoms with Gasteiger partial charge in [0.05, 0.1) is 0 Å². The van der Waals surface area contributed by atoms with Crippen molar-refractivity contribution in [1.29, 1.82) is 0 Å². The fraction of sp³-hybridized carbons (Fsp3) is 0.143. The van der Waals surface area contributed by atoms with Gasteiger partial charge in [0.25, 0.3) is 0 Å². The number of benzene rings is 1. The van der Waals surface area contributed by atoms with Crippen LogP contribution in [0, 0.1) is 0 Å². The van der Waals surface area contributed by atoms with E-state index >= 15 is 0 Å². The Kier molecular flexibility index (Phi) is 3.89. The molecule has 0 saturated heterocycles. The van der Waals surface area contributed by atoms with Crippen LogP contribution in [0.25, 0.3) is 0 Å². The number of nitrogens with two attached hydrogens (primary N) is 1. The molecule has 1 rings (SSSR count). The van der Waals surface area contributed by atoms with Crippen molar-refractivity contribution in [3.05, 3.63) is 23.2 Å². The average Bonchev–Trinajstić information content (AvgIpc) is 2.06. The molecule has 2 N–H and O–H groups in total. The monoisotopic (exact) mass is 273 g/mol. The number of halogens is 3. The van der Waals surface area contributed by atoms with Gasteiger partial charge < -0.3 is 8.92 Å². The van der Waals surface area contributed by atoms with E-state index in [1.807, 2.05) is 0 Å². The molecule has 1 aromatic carbocycles. The highest BCUT2D eigenvalue weighted by atomic mass is 35.5. The van der Waals surface area contributed by atoms with Crippen LogP contribution in [0.5, 0.6) is 11.5 Å². The summed E-state index contributed by atoms with van der Waals surface area (Å²) in [6.07, 6.45) is 0. The topological polar surface area (TPSA) is 78.6 Å². The fourth-order valence-corrected chi connectivity index (χ4v) is 1.41. The van der Waals surface area contributed by atoms with Crippen molar-refractivity contribution in [2.24, 2.45) is 5.14 Å². The third kappa shape index (κ3) is 4.17. The molecule has 0 amide bonds. The van der Waals surface area contributed by atoms with Gasteiger partial charge in [0, 0.05) is 11.1 Å². The van der Waals surface area contributed by atoms with Gasteiger partial charge in [-0.1, -0.05) is 11.6 Å². The summed E-state index contributed by atoms with van der Waals surface area (Å²) in [5, 5.41) is 4.66. The van der Waals surface area contributed by atoms with E-state index in [2.05, 4.69) is 14.1 Å². The number of alkyl halides is 2. The number of ether oxygens (including phenoxy) is 1. The van der Waals surface area contributed by atoms with Crippen LogP contribution in [0.1, 0.15) is 0 Å². The molecule has 0 aliphatic heterocycles. The lowest BCUT2D eigenvalue weighted by molar-refractivity contribution is -0.0507. The van der Waals surface area contributed by atoms with Crippen LogP contribution in [0.3, 0.4) is 0 Å². The van der Waals surface area contributed by atoms with E-state index in [1.54, 1.807) is 0 Å². The van der Waals surface area contributed by atoms with Crippen molar-refractivity contribution >= 4 is 21.9 Å². The van der Waals surface area contributed by atoms with Crippen molar-refractivity contribution in [3.8, 4) is 11.5 Å². The Bertz CT molecular complexity index is 479. The minimum Gasteiger partial charge on any atom is -0.431 e. The van der Waals surface area contributed by atoms with Crippen molar-refractivity contribution < 1.29 is 26.1 Å². The molecule has 90 valence electrons. The molecule has 1 aromatic rings. The summed E-state index contributed by atoms with van der Waals surface area (Å²) in [4.78, 5) is 0. The molecule has 16 heavy (non-hydrogen) atoms. The first kappa shape index (κ1) is 12.9. The van der Waals surface area contributed by atoms with Gasteiger partial charge in [-0.2, -0.15) is 22.3 Å². The van der Waals surface area contributed by atoms with Crippen LogP contribution in [0.15, 0.2) is 18.2 Å². The molecule has 9 heteroatoms. The number of rotatable bonds is 4. The molecule has 0 fully saturated rings. The van der Waals surface area contributed by atoms with Crippen LogP contribution >= 0.6 is 11.6 Å². The van der Waals surface area contributed by atoms with Crippen LogP contribution < -0.4 is 14.1 Å². The Morgan fingerprint density at radius 3 is 2.44 bits per heavy atom. The lowest BCUT2D eigenvalue weighted by atomic mass is 10.3. The van der Waals surface area contributed by atoms with E-state index in [0.717, 1.165) is 12.1 Å². The second-order valence-corrected chi connectivity index (χ2v) is 4.13. The summed E-state index contributed by atoms with van der Waals surface area (Å²) >= 11 is 5.52. The van der Waals surface area contributed by atoms with Crippen LogP contribution in [-0.4, -0.2) is 15.0 Å². The molecule has 0 bridgehead atoms. The van der Waals surface area contributed by atoms with Gasteiger partial charge in [-0.3, -0.25) is 0 Å². The molecule has 5 nitrogen and oxygen atoms in total. The van der Waals surface area contributed by atoms with Gasteiger partial charge in [0.1, 0.15) is 0 Å². The zero-order valence-electron chi connectivity index (χ0n) is 7.56. The largest absolute Gasteiger partial charge is 0.431 e. The first-order chi connectivity index (χ1) is 7.28. The highest BCUT2D eigenvalue weighted by molar-refractivity contribution is 7.84. The standard InChI is InChI=1S/C7H6ClF2NO4S/c8-4-1-2-5(14-7(9)10)6(3-4)15-16(11,12)13/h1-3,7H,(H2,11,12,13). The quantitative estimate of drug-likeness (QED) is 0.902. The van der Waals surface area contributed by atoms with Gasteiger partial charge in [0.2, 0.25) is 0 Å². The molecule has 0 saturated carbocycles. The average molecular weight is 274 g/mol. The lowest BCUT2D eigenvalue weighted by Gasteiger charge is -2.10. The minimum absolute atomic E-state index is 0.0836. The number of hydrogen-bond donors (Lipinski definition) is 1. The molecule has 0 atom stereocenters. The molecule has 0 aliphatic carbocycles.